The smallest absolute Gasteiger partial charge is 0.236 e. The van der Waals surface area contributed by atoms with Gasteiger partial charge in [0.2, 0.25) is 11.7 Å². The summed E-state index contributed by atoms with van der Waals surface area (Å²) in [6.45, 7) is 2.55. The van der Waals surface area contributed by atoms with E-state index in [1.807, 2.05) is 11.0 Å². The van der Waals surface area contributed by atoms with Gasteiger partial charge in [0.25, 0.3) is 0 Å². The molecule has 1 fully saturated rings. The lowest BCUT2D eigenvalue weighted by Crippen LogP contribution is -2.35. The normalized spacial score (nSPS) is 14.9. The summed E-state index contributed by atoms with van der Waals surface area (Å²) in [5.41, 5.74) is 0. The van der Waals surface area contributed by atoms with Crippen molar-refractivity contribution in [3.63, 3.8) is 0 Å². The van der Waals surface area contributed by atoms with Crippen LogP contribution in [0.1, 0.15) is 24.4 Å². The SMILES string of the molecule is N#Cc1ccc(CNCC(=O)N2CCCC2)o1. The summed E-state index contributed by atoms with van der Waals surface area (Å²) < 4.78 is 5.19. The largest absolute Gasteiger partial charge is 0.449 e. The first-order valence-corrected chi connectivity index (χ1v) is 5.77. The van der Waals surface area contributed by atoms with E-state index in [0.29, 0.717) is 24.6 Å². The van der Waals surface area contributed by atoms with Gasteiger partial charge in [0, 0.05) is 13.1 Å². The molecule has 1 N–H and O–H groups in total. The Labute approximate surface area is 100 Å². The highest BCUT2D eigenvalue weighted by atomic mass is 16.3. The summed E-state index contributed by atoms with van der Waals surface area (Å²) >= 11 is 0. The maximum atomic E-state index is 11.7. The third kappa shape index (κ3) is 3.08. The standard InChI is InChI=1S/C12H15N3O2/c13-7-10-3-4-11(17-10)8-14-9-12(16)15-5-1-2-6-15/h3-4,14H,1-2,5-6,8-9H2. The fraction of sp³-hybridized carbons (Fsp3) is 0.500. The molecule has 0 atom stereocenters. The van der Waals surface area contributed by atoms with Crippen LogP contribution >= 0.6 is 0 Å². The van der Waals surface area contributed by atoms with E-state index in [1.165, 1.54) is 0 Å². The first kappa shape index (κ1) is 11.7. The molecule has 2 rings (SSSR count). The zero-order valence-corrected chi connectivity index (χ0v) is 9.61. The molecule has 0 saturated carbocycles. The van der Waals surface area contributed by atoms with Gasteiger partial charge in [-0.25, -0.2) is 0 Å². The Balaban J connectivity index is 1.72. The minimum absolute atomic E-state index is 0.134. The zero-order chi connectivity index (χ0) is 12.1. The second kappa shape index (κ2) is 5.51. The molecule has 90 valence electrons. The lowest BCUT2D eigenvalue weighted by Gasteiger charge is -2.14. The Morgan fingerprint density at radius 1 is 1.47 bits per heavy atom. The van der Waals surface area contributed by atoms with Gasteiger partial charge < -0.3 is 14.6 Å². The monoisotopic (exact) mass is 233 g/mol. The number of nitrogens with zero attached hydrogens (tertiary/aromatic N) is 2. The number of amides is 1. The molecule has 1 aliphatic heterocycles. The lowest BCUT2D eigenvalue weighted by molar-refractivity contribution is -0.129. The van der Waals surface area contributed by atoms with Gasteiger partial charge in [-0.05, 0) is 25.0 Å². The molecule has 1 aliphatic rings. The van der Waals surface area contributed by atoms with Gasteiger partial charge in [0.15, 0.2) is 0 Å². The molecule has 1 aromatic heterocycles. The molecule has 0 aliphatic carbocycles. The molecule has 0 radical (unpaired) electrons. The van der Waals surface area contributed by atoms with Crippen molar-refractivity contribution in [2.45, 2.75) is 19.4 Å². The van der Waals surface area contributed by atoms with Crippen molar-refractivity contribution in [3.8, 4) is 6.07 Å². The molecule has 17 heavy (non-hydrogen) atoms. The quantitative estimate of drug-likeness (QED) is 0.837. The van der Waals surface area contributed by atoms with Crippen molar-refractivity contribution in [1.82, 2.24) is 10.2 Å². The number of carbonyl (C=O) groups excluding carboxylic acids is 1. The Bertz CT molecular complexity index is 427. The molecule has 1 amide bonds. The highest BCUT2D eigenvalue weighted by Crippen LogP contribution is 2.08. The number of furan rings is 1. The van der Waals surface area contributed by atoms with Crippen molar-refractivity contribution >= 4 is 5.91 Å². The Morgan fingerprint density at radius 3 is 2.88 bits per heavy atom. The fourth-order valence-electron chi connectivity index (χ4n) is 1.90. The number of likely N-dealkylation sites (tertiary alicyclic amines) is 1. The van der Waals surface area contributed by atoms with E-state index in [0.717, 1.165) is 25.9 Å². The second-order valence-corrected chi connectivity index (χ2v) is 4.07. The van der Waals surface area contributed by atoms with E-state index in [2.05, 4.69) is 5.32 Å². The number of carbonyl (C=O) groups is 1. The van der Waals surface area contributed by atoms with Gasteiger partial charge >= 0.3 is 0 Å². The lowest BCUT2D eigenvalue weighted by atomic mass is 10.4. The molecule has 1 saturated heterocycles. The van der Waals surface area contributed by atoms with Crippen LogP contribution < -0.4 is 5.32 Å². The van der Waals surface area contributed by atoms with E-state index < -0.39 is 0 Å². The van der Waals surface area contributed by atoms with Crippen LogP contribution in [0.2, 0.25) is 0 Å². The molecule has 1 aromatic rings. The topological polar surface area (TPSA) is 69.3 Å². The van der Waals surface area contributed by atoms with Crippen LogP contribution in [0.5, 0.6) is 0 Å². The molecular weight excluding hydrogens is 218 g/mol. The average Bonchev–Trinajstić information content (AvgIpc) is 3.00. The molecule has 0 unspecified atom stereocenters. The third-order valence-corrected chi connectivity index (χ3v) is 2.81. The number of rotatable bonds is 4. The molecular formula is C12H15N3O2. The Hall–Kier alpha value is -1.80. The molecule has 0 bridgehead atoms. The summed E-state index contributed by atoms with van der Waals surface area (Å²) in [6.07, 6.45) is 2.21. The van der Waals surface area contributed by atoms with Crippen LogP contribution in [0.25, 0.3) is 0 Å². The summed E-state index contributed by atoms with van der Waals surface area (Å²) in [7, 11) is 0. The predicted molar refractivity (Wildman–Crippen MR) is 60.9 cm³/mol. The summed E-state index contributed by atoms with van der Waals surface area (Å²) in [5, 5.41) is 11.6. The first-order chi connectivity index (χ1) is 8.29. The van der Waals surface area contributed by atoms with Gasteiger partial charge in [0.1, 0.15) is 11.8 Å². The van der Waals surface area contributed by atoms with Crippen molar-refractivity contribution < 1.29 is 9.21 Å². The zero-order valence-electron chi connectivity index (χ0n) is 9.61. The van der Waals surface area contributed by atoms with Crippen molar-refractivity contribution in [3.05, 3.63) is 23.7 Å². The number of hydrogen-bond acceptors (Lipinski definition) is 4. The average molecular weight is 233 g/mol. The number of nitriles is 1. The number of hydrogen-bond donors (Lipinski definition) is 1. The van der Waals surface area contributed by atoms with Crippen LogP contribution in [-0.2, 0) is 11.3 Å². The molecule has 2 heterocycles. The van der Waals surface area contributed by atoms with Gasteiger partial charge in [-0.1, -0.05) is 0 Å². The van der Waals surface area contributed by atoms with Gasteiger partial charge in [-0.3, -0.25) is 4.79 Å². The van der Waals surface area contributed by atoms with E-state index in [9.17, 15) is 4.79 Å². The van der Waals surface area contributed by atoms with Crippen LogP contribution in [-0.4, -0.2) is 30.4 Å². The van der Waals surface area contributed by atoms with Crippen molar-refractivity contribution in [1.29, 1.82) is 5.26 Å². The van der Waals surface area contributed by atoms with E-state index >= 15 is 0 Å². The fourth-order valence-corrected chi connectivity index (χ4v) is 1.90. The van der Waals surface area contributed by atoms with Crippen LogP contribution in [0.15, 0.2) is 16.5 Å². The Morgan fingerprint density at radius 2 is 2.24 bits per heavy atom. The van der Waals surface area contributed by atoms with Crippen molar-refractivity contribution in [2.24, 2.45) is 0 Å². The van der Waals surface area contributed by atoms with Gasteiger partial charge in [0.05, 0.1) is 13.1 Å². The summed E-state index contributed by atoms with van der Waals surface area (Å²) in [4.78, 5) is 13.5. The Kier molecular flexibility index (Phi) is 3.78. The minimum Gasteiger partial charge on any atom is -0.449 e. The maximum absolute atomic E-state index is 11.7. The van der Waals surface area contributed by atoms with E-state index in [4.69, 9.17) is 9.68 Å². The van der Waals surface area contributed by atoms with Gasteiger partial charge in [-0.15, -0.1) is 0 Å². The molecule has 0 spiro atoms. The van der Waals surface area contributed by atoms with E-state index in [1.54, 1.807) is 12.1 Å². The van der Waals surface area contributed by atoms with E-state index in [-0.39, 0.29) is 5.91 Å². The minimum atomic E-state index is 0.134. The number of nitrogens with one attached hydrogen (secondary N) is 1. The van der Waals surface area contributed by atoms with Crippen LogP contribution in [0, 0.1) is 11.3 Å². The summed E-state index contributed by atoms with van der Waals surface area (Å²) in [6, 6.07) is 5.29. The van der Waals surface area contributed by atoms with Crippen molar-refractivity contribution in [2.75, 3.05) is 19.6 Å². The molecule has 0 aromatic carbocycles. The summed E-state index contributed by atoms with van der Waals surface area (Å²) in [5.74, 6) is 1.11. The molecule has 5 heteroatoms. The second-order valence-electron chi connectivity index (χ2n) is 4.07. The highest BCUT2D eigenvalue weighted by Gasteiger charge is 2.17. The first-order valence-electron chi connectivity index (χ1n) is 5.77. The van der Waals surface area contributed by atoms with Crippen LogP contribution in [0.4, 0.5) is 0 Å². The molecule has 5 nitrogen and oxygen atoms in total. The predicted octanol–water partition coefficient (Wildman–Crippen LogP) is 0.863. The maximum Gasteiger partial charge on any atom is 0.236 e. The third-order valence-electron chi connectivity index (χ3n) is 2.81. The highest BCUT2D eigenvalue weighted by molar-refractivity contribution is 5.78. The van der Waals surface area contributed by atoms with Gasteiger partial charge in [-0.2, -0.15) is 5.26 Å². The van der Waals surface area contributed by atoms with Crippen LogP contribution in [0.3, 0.4) is 0 Å².